The molecule has 0 aliphatic heterocycles. The molecule has 0 spiro atoms. The quantitative estimate of drug-likeness (QED) is 0.831. The number of benzene rings is 1. The zero-order valence-corrected chi connectivity index (χ0v) is 13.2. The van der Waals surface area contributed by atoms with Crippen LogP contribution in [0.2, 0.25) is 0 Å². The molecule has 0 aromatic heterocycles. The molecular formula is C18H27NO2. The third kappa shape index (κ3) is 3.34. The molecule has 3 heteroatoms. The summed E-state index contributed by atoms with van der Waals surface area (Å²) in [6.45, 7) is 4.40. The first kappa shape index (κ1) is 14.7. The number of hydrogen-bond acceptors (Lipinski definition) is 3. The third-order valence-corrected chi connectivity index (χ3v) is 5.03. The zero-order chi connectivity index (χ0) is 14.7. The maximum atomic E-state index is 6.11. The van der Waals surface area contributed by atoms with Crippen LogP contribution in [0.4, 0.5) is 0 Å². The summed E-state index contributed by atoms with van der Waals surface area (Å²) in [5, 5.41) is 3.17. The van der Waals surface area contributed by atoms with E-state index in [1.165, 1.54) is 31.2 Å². The summed E-state index contributed by atoms with van der Waals surface area (Å²) in [5.74, 6) is 4.44. The predicted octanol–water partition coefficient (Wildman–Crippen LogP) is 3.62. The Hall–Kier alpha value is -1.22. The molecule has 0 heterocycles. The molecule has 2 aliphatic rings. The fourth-order valence-electron chi connectivity index (χ4n) is 4.03. The topological polar surface area (TPSA) is 30.5 Å². The van der Waals surface area contributed by atoms with Gasteiger partial charge >= 0.3 is 0 Å². The normalized spacial score (nSPS) is 27.0. The fraction of sp³-hybridized carbons (Fsp3) is 0.667. The van der Waals surface area contributed by atoms with Gasteiger partial charge in [-0.1, -0.05) is 12.5 Å². The van der Waals surface area contributed by atoms with Gasteiger partial charge in [0, 0.05) is 6.54 Å². The van der Waals surface area contributed by atoms with Crippen molar-refractivity contribution in [1.82, 2.24) is 5.32 Å². The molecule has 2 bridgehead atoms. The smallest absolute Gasteiger partial charge is 0.161 e. The molecule has 0 radical (unpaired) electrons. The van der Waals surface area contributed by atoms with E-state index in [1.54, 1.807) is 0 Å². The highest BCUT2D eigenvalue weighted by Gasteiger charge is 2.39. The Morgan fingerprint density at radius 3 is 2.71 bits per heavy atom. The lowest BCUT2D eigenvalue weighted by Gasteiger charge is -2.22. The summed E-state index contributed by atoms with van der Waals surface area (Å²) in [7, 11) is 1.96. The van der Waals surface area contributed by atoms with Gasteiger partial charge in [-0.15, -0.1) is 0 Å². The van der Waals surface area contributed by atoms with Gasteiger partial charge in [0.2, 0.25) is 0 Å². The average Bonchev–Trinajstić information content (AvgIpc) is 3.10. The van der Waals surface area contributed by atoms with Gasteiger partial charge in [0.25, 0.3) is 0 Å². The van der Waals surface area contributed by atoms with Gasteiger partial charge in [0.15, 0.2) is 11.5 Å². The van der Waals surface area contributed by atoms with E-state index in [0.29, 0.717) is 6.61 Å². The van der Waals surface area contributed by atoms with Crippen molar-refractivity contribution in [3.8, 4) is 11.5 Å². The Morgan fingerprint density at radius 2 is 2.05 bits per heavy atom. The number of hydrogen-bond donors (Lipinski definition) is 1. The van der Waals surface area contributed by atoms with Crippen LogP contribution in [0.15, 0.2) is 18.2 Å². The Kier molecular flexibility index (Phi) is 4.69. The van der Waals surface area contributed by atoms with Gasteiger partial charge in [0.05, 0.1) is 13.2 Å². The van der Waals surface area contributed by atoms with Crippen LogP contribution in [0.3, 0.4) is 0 Å². The maximum absolute atomic E-state index is 6.11. The Balaban J connectivity index is 1.63. The first-order valence-electron chi connectivity index (χ1n) is 8.33. The van der Waals surface area contributed by atoms with Crippen LogP contribution >= 0.6 is 0 Å². The number of nitrogens with one attached hydrogen (secondary N) is 1. The summed E-state index contributed by atoms with van der Waals surface area (Å²) in [6, 6.07) is 6.27. The fourth-order valence-corrected chi connectivity index (χ4v) is 4.03. The predicted molar refractivity (Wildman–Crippen MR) is 84.8 cm³/mol. The van der Waals surface area contributed by atoms with E-state index in [0.717, 1.165) is 42.4 Å². The zero-order valence-electron chi connectivity index (χ0n) is 13.2. The van der Waals surface area contributed by atoms with Gasteiger partial charge in [-0.25, -0.2) is 0 Å². The first-order chi connectivity index (χ1) is 10.3. The second-order valence-electron chi connectivity index (χ2n) is 6.49. The Morgan fingerprint density at radius 1 is 1.14 bits per heavy atom. The summed E-state index contributed by atoms with van der Waals surface area (Å²) in [4.78, 5) is 0. The van der Waals surface area contributed by atoms with Gasteiger partial charge in [-0.3, -0.25) is 0 Å². The molecule has 1 N–H and O–H groups in total. The van der Waals surface area contributed by atoms with Crippen LogP contribution in [0.25, 0.3) is 0 Å². The van der Waals surface area contributed by atoms with Gasteiger partial charge < -0.3 is 14.8 Å². The lowest BCUT2D eigenvalue weighted by Crippen LogP contribution is -2.18. The number of rotatable bonds is 7. The van der Waals surface area contributed by atoms with Crippen molar-refractivity contribution in [1.29, 1.82) is 0 Å². The Bertz CT molecular complexity index is 474. The molecular weight excluding hydrogens is 262 g/mol. The van der Waals surface area contributed by atoms with E-state index in [2.05, 4.69) is 23.5 Å². The molecule has 3 atom stereocenters. The number of ether oxygens (including phenoxy) is 2. The van der Waals surface area contributed by atoms with Crippen LogP contribution in [-0.2, 0) is 6.54 Å². The van der Waals surface area contributed by atoms with E-state index in [9.17, 15) is 0 Å². The van der Waals surface area contributed by atoms with Crippen LogP contribution < -0.4 is 14.8 Å². The second-order valence-corrected chi connectivity index (χ2v) is 6.49. The lowest BCUT2D eigenvalue weighted by molar-refractivity contribution is 0.187. The monoisotopic (exact) mass is 289 g/mol. The minimum absolute atomic E-state index is 0.674. The minimum atomic E-state index is 0.674. The standard InChI is InChI=1S/C18H27NO2/c1-3-20-18-10-14(11-19-2)5-7-17(18)21-12-16-9-13-4-6-15(16)8-13/h5,7,10,13,15-16,19H,3-4,6,8-9,11-12H2,1-2H3. The summed E-state index contributed by atoms with van der Waals surface area (Å²) >= 11 is 0. The molecule has 1 aromatic rings. The SMILES string of the molecule is CCOc1cc(CNC)ccc1OCC1CC2CCC1C2. The third-order valence-electron chi connectivity index (χ3n) is 5.03. The van der Waals surface area contributed by atoms with E-state index in [1.807, 2.05) is 14.0 Å². The molecule has 116 valence electrons. The van der Waals surface area contributed by atoms with Gasteiger partial charge in [0.1, 0.15) is 0 Å². The van der Waals surface area contributed by atoms with Crippen LogP contribution in [-0.4, -0.2) is 20.3 Å². The number of fused-ring (bicyclic) bond motifs is 2. The van der Waals surface area contributed by atoms with E-state index in [4.69, 9.17) is 9.47 Å². The van der Waals surface area contributed by atoms with E-state index < -0.39 is 0 Å². The molecule has 2 aliphatic carbocycles. The highest BCUT2D eigenvalue weighted by Crippen LogP contribution is 2.48. The van der Waals surface area contributed by atoms with E-state index >= 15 is 0 Å². The molecule has 0 saturated heterocycles. The molecule has 3 rings (SSSR count). The van der Waals surface area contributed by atoms with Gasteiger partial charge in [-0.2, -0.15) is 0 Å². The summed E-state index contributed by atoms with van der Waals surface area (Å²) < 4.78 is 11.9. The van der Waals surface area contributed by atoms with Crippen molar-refractivity contribution >= 4 is 0 Å². The van der Waals surface area contributed by atoms with Crippen molar-refractivity contribution in [3.05, 3.63) is 23.8 Å². The van der Waals surface area contributed by atoms with Crippen LogP contribution in [0, 0.1) is 17.8 Å². The summed E-state index contributed by atoms with van der Waals surface area (Å²) in [5.41, 5.74) is 1.23. The second kappa shape index (κ2) is 6.69. The van der Waals surface area contributed by atoms with Crippen molar-refractivity contribution in [2.24, 2.45) is 17.8 Å². The molecule has 2 fully saturated rings. The molecule has 3 unspecified atom stereocenters. The first-order valence-corrected chi connectivity index (χ1v) is 8.33. The molecule has 2 saturated carbocycles. The van der Waals surface area contributed by atoms with Crippen LogP contribution in [0.1, 0.15) is 38.2 Å². The minimum Gasteiger partial charge on any atom is -0.490 e. The average molecular weight is 289 g/mol. The Labute approximate surface area is 128 Å². The van der Waals surface area contributed by atoms with Crippen molar-refractivity contribution in [2.45, 2.75) is 39.2 Å². The largest absolute Gasteiger partial charge is 0.490 e. The molecule has 21 heavy (non-hydrogen) atoms. The van der Waals surface area contributed by atoms with Crippen molar-refractivity contribution < 1.29 is 9.47 Å². The van der Waals surface area contributed by atoms with Crippen LogP contribution in [0.5, 0.6) is 11.5 Å². The van der Waals surface area contributed by atoms with E-state index in [-0.39, 0.29) is 0 Å². The highest BCUT2D eigenvalue weighted by atomic mass is 16.5. The van der Waals surface area contributed by atoms with Crippen molar-refractivity contribution in [2.75, 3.05) is 20.3 Å². The molecule has 3 nitrogen and oxygen atoms in total. The highest BCUT2D eigenvalue weighted by molar-refractivity contribution is 5.43. The van der Waals surface area contributed by atoms with Crippen molar-refractivity contribution in [3.63, 3.8) is 0 Å². The summed E-state index contributed by atoms with van der Waals surface area (Å²) in [6.07, 6.45) is 5.67. The maximum Gasteiger partial charge on any atom is 0.161 e. The molecule has 0 amide bonds. The lowest BCUT2D eigenvalue weighted by atomic mass is 9.89. The van der Waals surface area contributed by atoms with Gasteiger partial charge in [-0.05, 0) is 68.7 Å². The molecule has 1 aromatic carbocycles.